The van der Waals surface area contributed by atoms with Gasteiger partial charge in [-0.25, -0.2) is 4.79 Å². The molecule has 1 aromatic carbocycles. The summed E-state index contributed by atoms with van der Waals surface area (Å²) < 4.78 is 10.6. The van der Waals surface area contributed by atoms with Crippen molar-refractivity contribution in [3.8, 4) is 0 Å². The number of hydrogen-bond donors (Lipinski definition) is 2. The van der Waals surface area contributed by atoms with E-state index in [1.165, 1.54) is 16.7 Å². The summed E-state index contributed by atoms with van der Waals surface area (Å²) in [4.78, 5) is 24.5. The fraction of sp³-hybridized carbons (Fsp3) is 0.583. The highest BCUT2D eigenvalue weighted by atomic mass is 16.7. The molecule has 2 N–H and O–H groups in total. The lowest BCUT2D eigenvalue weighted by molar-refractivity contribution is -0.123. The maximum Gasteiger partial charge on any atom is 0.508 e. The summed E-state index contributed by atoms with van der Waals surface area (Å²) in [6.07, 6.45) is -0.820. The molecule has 1 fully saturated rings. The standard InChI is InChI=1S/C24H36N2O4/c1-14(2)16(5)19-8-10-20(11-9-19)17(6)26-23(27)22-12-21(13-25-22)30-24(28)29-18(7)15(3)4/h8-11,15,17-18,21-22,25H,12-13H2,1-7H3,(H,26,27)/t17-,18?,21+,22-/m0/s1. The molecule has 0 bridgehead atoms. The maximum atomic E-state index is 12.6. The third-order valence-corrected chi connectivity index (χ3v) is 5.84. The minimum Gasteiger partial charge on any atom is -0.431 e. The van der Waals surface area contributed by atoms with Gasteiger partial charge in [0.2, 0.25) is 5.91 Å². The number of benzene rings is 1. The molecule has 1 aliphatic rings. The topological polar surface area (TPSA) is 76.7 Å². The SMILES string of the molecule is CC(C)=C(C)c1ccc([C@H](C)NC(=O)[C@@H]2C[C@@H](OC(=O)OC(C)C(C)C)CN2)cc1. The lowest BCUT2D eigenvalue weighted by atomic mass is 9.99. The zero-order chi connectivity index (χ0) is 22.4. The first-order valence-electron chi connectivity index (χ1n) is 10.7. The number of nitrogens with one attached hydrogen (secondary N) is 2. The molecule has 6 heteroatoms. The van der Waals surface area contributed by atoms with Gasteiger partial charge in [-0.2, -0.15) is 0 Å². The molecule has 1 unspecified atom stereocenters. The van der Waals surface area contributed by atoms with Crippen molar-refractivity contribution in [3.05, 3.63) is 41.0 Å². The Labute approximate surface area is 180 Å². The van der Waals surface area contributed by atoms with E-state index >= 15 is 0 Å². The van der Waals surface area contributed by atoms with Crippen LogP contribution in [0.5, 0.6) is 0 Å². The molecular weight excluding hydrogens is 380 g/mol. The van der Waals surface area contributed by atoms with Crippen molar-refractivity contribution in [1.82, 2.24) is 10.6 Å². The second-order valence-electron chi connectivity index (χ2n) is 8.73. The van der Waals surface area contributed by atoms with Crippen LogP contribution in [-0.2, 0) is 14.3 Å². The lowest BCUT2D eigenvalue weighted by Gasteiger charge is -2.19. The van der Waals surface area contributed by atoms with Crippen molar-refractivity contribution in [2.24, 2.45) is 5.92 Å². The maximum absolute atomic E-state index is 12.6. The summed E-state index contributed by atoms with van der Waals surface area (Å²) >= 11 is 0. The molecule has 0 aromatic heterocycles. The van der Waals surface area contributed by atoms with E-state index < -0.39 is 6.16 Å². The number of rotatable bonds is 7. The van der Waals surface area contributed by atoms with Crippen molar-refractivity contribution in [2.45, 2.75) is 79.2 Å². The molecule has 1 aliphatic heterocycles. The highest BCUT2D eigenvalue weighted by Crippen LogP contribution is 2.21. The van der Waals surface area contributed by atoms with Crippen LogP contribution in [0.15, 0.2) is 29.8 Å². The van der Waals surface area contributed by atoms with Gasteiger partial charge >= 0.3 is 6.16 Å². The molecule has 4 atom stereocenters. The molecule has 166 valence electrons. The smallest absolute Gasteiger partial charge is 0.431 e. The van der Waals surface area contributed by atoms with E-state index in [1.807, 2.05) is 39.8 Å². The van der Waals surface area contributed by atoms with Gasteiger partial charge < -0.3 is 20.1 Å². The fourth-order valence-electron chi connectivity index (χ4n) is 3.15. The van der Waals surface area contributed by atoms with Crippen molar-refractivity contribution in [3.63, 3.8) is 0 Å². The Kier molecular flexibility index (Phi) is 8.47. The van der Waals surface area contributed by atoms with Crippen LogP contribution in [0.1, 0.15) is 72.1 Å². The second-order valence-corrected chi connectivity index (χ2v) is 8.73. The van der Waals surface area contributed by atoms with Gasteiger partial charge in [0.15, 0.2) is 0 Å². The highest BCUT2D eigenvalue weighted by Gasteiger charge is 2.33. The number of ether oxygens (including phenoxy) is 2. The van der Waals surface area contributed by atoms with Gasteiger partial charge in [0.1, 0.15) is 12.2 Å². The van der Waals surface area contributed by atoms with Gasteiger partial charge in [0.05, 0.1) is 12.1 Å². The number of carbonyl (C=O) groups excluding carboxylic acids is 2. The van der Waals surface area contributed by atoms with E-state index in [9.17, 15) is 9.59 Å². The average molecular weight is 417 g/mol. The highest BCUT2D eigenvalue weighted by molar-refractivity contribution is 5.82. The first-order chi connectivity index (χ1) is 14.1. The Morgan fingerprint density at radius 2 is 1.70 bits per heavy atom. The molecule has 1 heterocycles. The molecule has 2 rings (SSSR count). The van der Waals surface area contributed by atoms with Crippen LogP contribution in [0.4, 0.5) is 4.79 Å². The lowest BCUT2D eigenvalue weighted by Crippen LogP contribution is -2.41. The second kappa shape index (κ2) is 10.6. The third-order valence-electron chi connectivity index (χ3n) is 5.84. The predicted molar refractivity (Wildman–Crippen MR) is 119 cm³/mol. The number of allylic oxidation sites excluding steroid dienone is 2. The van der Waals surface area contributed by atoms with E-state index in [4.69, 9.17) is 9.47 Å². The molecule has 1 aromatic rings. The van der Waals surface area contributed by atoms with Gasteiger partial charge in [-0.15, -0.1) is 0 Å². The molecular formula is C24H36N2O4. The van der Waals surface area contributed by atoms with Gasteiger partial charge in [-0.05, 0) is 57.2 Å². The Hall–Kier alpha value is -2.34. The third kappa shape index (κ3) is 6.59. The molecule has 6 nitrogen and oxygen atoms in total. The molecule has 30 heavy (non-hydrogen) atoms. The Morgan fingerprint density at radius 3 is 2.27 bits per heavy atom. The minimum atomic E-state index is -0.677. The summed E-state index contributed by atoms with van der Waals surface area (Å²) in [5, 5.41) is 6.18. The largest absolute Gasteiger partial charge is 0.508 e. The molecule has 0 saturated carbocycles. The zero-order valence-corrected chi connectivity index (χ0v) is 19.2. The van der Waals surface area contributed by atoms with E-state index in [-0.39, 0.29) is 36.1 Å². The van der Waals surface area contributed by atoms with Crippen LogP contribution in [0.25, 0.3) is 5.57 Å². The van der Waals surface area contributed by atoms with Crippen molar-refractivity contribution >= 4 is 17.6 Å². The van der Waals surface area contributed by atoms with Crippen molar-refractivity contribution < 1.29 is 19.1 Å². The molecule has 1 saturated heterocycles. The van der Waals surface area contributed by atoms with Crippen LogP contribution < -0.4 is 10.6 Å². The van der Waals surface area contributed by atoms with Crippen LogP contribution in [-0.4, -0.2) is 36.9 Å². The van der Waals surface area contributed by atoms with Crippen molar-refractivity contribution in [2.75, 3.05) is 6.54 Å². The van der Waals surface area contributed by atoms with Crippen LogP contribution >= 0.6 is 0 Å². The summed E-state index contributed by atoms with van der Waals surface area (Å²) in [7, 11) is 0. The monoisotopic (exact) mass is 416 g/mol. The van der Waals surface area contributed by atoms with E-state index in [1.54, 1.807) is 0 Å². The molecule has 0 aliphatic carbocycles. The molecule has 0 spiro atoms. The molecule has 0 radical (unpaired) electrons. The number of carbonyl (C=O) groups is 2. The molecule has 1 amide bonds. The van der Waals surface area contributed by atoms with Crippen LogP contribution in [0.3, 0.4) is 0 Å². The van der Waals surface area contributed by atoms with Gasteiger partial charge in [0.25, 0.3) is 0 Å². The Balaban J connectivity index is 1.85. The van der Waals surface area contributed by atoms with Gasteiger partial charge in [-0.3, -0.25) is 4.79 Å². The van der Waals surface area contributed by atoms with E-state index in [0.29, 0.717) is 13.0 Å². The van der Waals surface area contributed by atoms with Crippen LogP contribution in [0.2, 0.25) is 0 Å². The number of hydrogen-bond acceptors (Lipinski definition) is 5. The summed E-state index contributed by atoms with van der Waals surface area (Å²) in [6, 6.07) is 7.76. The van der Waals surface area contributed by atoms with Gasteiger partial charge in [-0.1, -0.05) is 43.7 Å². The quantitative estimate of drug-likeness (QED) is 0.635. The normalized spacial score (nSPS) is 20.4. The van der Waals surface area contributed by atoms with Gasteiger partial charge in [0, 0.05) is 13.0 Å². The zero-order valence-electron chi connectivity index (χ0n) is 19.2. The average Bonchev–Trinajstić information content (AvgIpc) is 3.15. The minimum absolute atomic E-state index is 0.0953. The van der Waals surface area contributed by atoms with Crippen molar-refractivity contribution in [1.29, 1.82) is 0 Å². The predicted octanol–water partition coefficient (Wildman–Crippen LogP) is 4.61. The van der Waals surface area contributed by atoms with E-state index in [2.05, 4.69) is 43.5 Å². The fourth-order valence-corrected chi connectivity index (χ4v) is 3.15. The first-order valence-corrected chi connectivity index (χ1v) is 10.7. The summed E-state index contributed by atoms with van der Waals surface area (Å²) in [6.45, 7) is 14.5. The summed E-state index contributed by atoms with van der Waals surface area (Å²) in [5.74, 6) is 0.126. The Bertz CT molecular complexity index is 766. The number of amides is 1. The van der Waals surface area contributed by atoms with E-state index in [0.717, 1.165) is 5.56 Å². The summed E-state index contributed by atoms with van der Waals surface area (Å²) in [5.41, 5.74) is 4.79. The van der Waals surface area contributed by atoms with Crippen LogP contribution in [0, 0.1) is 5.92 Å². The Morgan fingerprint density at radius 1 is 1.07 bits per heavy atom. The first kappa shape index (κ1) is 23.9.